The Bertz CT molecular complexity index is 130. The van der Waals surface area contributed by atoms with Crippen LogP contribution in [-0.2, 0) is 0 Å². The van der Waals surface area contributed by atoms with Gasteiger partial charge in [0.05, 0.1) is 0 Å². The smallest absolute Gasteiger partial charge is 0.222 e. The van der Waals surface area contributed by atoms with Gasteiger partial charge in [-0.2, -0.15) is 0 Å². The number of hydrogen-bond acceptors (Lipinski definition) is 16. The zero-order valence-corrected chi connectivity index (χ0v) is 15.5. The molecule has 0 atom stereocenters. The van der Waals surface area contributed by atoms with E-state index in [1.54, 1.807) is 0 Å². The molecule has 0 N–H and O–H groups in total. The fraction of sp³-hybridized carbons (Fsp3) is 0. The van der Waals surface area contributed by atoms with E-state index in [0.717, 1.165) is 0 Å². The Morgan fingerprint density at radius 1 is 0.238 bits per heavy atom. The van der Waals surface area contributed by atoms with Crippen LogP contribution in [0.25, 0.3) is 0 Å². The summed E-state index contributed by atoms with van der Waals surface area (Å²) in [5, 5.41) is 0. The summed E-state index contributed by atoms with van der Waals surface area (Å²) >= 11 is 0. The molecule has 0 amide bonds. The molecule has 0 aromatic rings. The van der Waals surface area contributed by atoms with Gasteiger partial charge in [0, 0.05) is 0 Å². The first-order valence-corrected chi connectivity index (χ1v) is 7.41. The third-order valence-corrected chi connectivity index (χ3v) is 0. The molecule has 0 aliphatic rings. The van der Waals surface area contributed by atoms with Gasteiger partial charge in [0.1, 0.15) is 0 Å². The predicted octanol–water partition coefficient (Wildman–Crippen LogP) is -19.4. The van der Waals surface area contributed by atoms with Crippen LogP contribution in [0.4, 0.5) is 0 Å². The van der Waals surface area contributed by atoms with Gasteiger partial charge in [0.25, 0.3) is 0 Å². The van der Waals surface area contributed by atoms with E-state index in [9.17, 15) is 0 Å². The third kappa shape index (κ3) is 3900. The van der Waals surface area contributed by atoms with Crippen molar-refractivity contribution < 1.29 is 116 Å². The van der Waals surface area contributed by atoms with Crippen LogP contribution < -0.4 is 74.5 Å². The maximum Gasteiger partial charge on any atom is 4.00 e. The Balaban J connectivity index is -0.0000000533. The summed E-state index contributed by atoms with van der Waals surface area (Å²) in [6.07, 6.45) is 0. The molecule has 0 fully saturated rings. The predicted molar refractivity (Wildman–Crippen MR) is 5.75 cm³/mol. The summed E-state index contributed by atoms with van der Waals surface area (Å²) < 4.78 is 136. The van der Waals surface area contributed by atoms with Gasteiger partial charge in [0.15, 0.2) is 0 Å². The van der Waals surface area contributed by atoms with E-state index in [1.807, 2.05) is 0 Å². The maximum absolute atomic E-state index is 8.49. The van der Waals surface area contributed by atoms with Crippen LogP contribution in [0.5, 0.6) is 0 Å². The van der Waals surface area contributed by atoms with Gasteiger partial charge in [0.2, 0.25) is 0 Å². The molecule has 0 aromatic carbocycles. The van der Waals surface area contributed by atoms with Crippen LogP contribution in [0.1, 0.15) is 0 Å². The average molecular weight is 605 g/mol. The zero-order chi connectivity index (χ0) is 18.0. The Hall–Kier alpha value is 1.44. The Labute approximate surface area is 142 Å². The Morgan fingerprint density at radius 3 is 0.238 bits per heavy atom. The summed E-state index contributed by atoms with van der Waals surface area (Å²) in [4.78, 5) is 0. The van der Waals surface area contributed by atoms with Crippen LogP contribution in [0.2, 0.25) is 0 Å². The van der Waals surface area contributed by atoms with Gasteiger partial charge in [-0.1, -0.05) is 0 Å². The second kappa shape index (κ2) is 13.8. The van der Waals surface area contributed by atoms with Crippen molar-refractivity contribution in [2.45, 2.75) is 0 Å². The summed E-state index contributed by atoms with van der Waals surface area (Å²) in [6, 6.07) is 0. The standard InChI is InChI=1S/4ClHO4.Pb/c4*2-1(3,4)5;/h4*(H,2,3,4,5);/q;;;;+4/p-4. The molecule has 0 rings (SSSR count). The van der Waals surface area contributed by atoms with Gasteiger partial charge >= 0.3 is 27.3 Å². The fourth-order valence-electron chi connectivity index (χ4n) is 0. The molecule has 0 spiro atoms. The van der Waals surface area contributed by atoms with Crippen molar-refractivity contribution in [2.24, 2.45) is 0 Å². The van der Waals surface area contributed by atoms with E-state index >= 15 is 0 Å². The molecule has 0 heterocycles. The molecule has 128 valence electrons. The molecule has 21 heavy (non-hydrogen) atoms. The quantitative estimate of drug-likeness (QED) is 0.231. The molecule has 0 unspecified atom stereocenters. The van der Waals surface area contributed by atoms with Gasteiger partial charge in [-0.05, 0) is 0 Å². The zero-order valence-electron chi connectivity index (χ0n) is 8.54. The molecular formula is Cl4O16Pb. The monoisotopic (exact) mass is 604 g/mol. The largest absolute Gasteiger partial charge is 4.00 e. The minimum Gasteiger partial charge on any atom is -0.222 e. The summed E-state index contributed by atoms with van der Waals surface area (Å²) in [5.74, 6) is 0. The van der Waals surface area contributed by atoms with Crippen molar-refractivity contribution in [2.75, 3.05) is 0 Å². The molecule has 0 aliphatic carbocycles. The van der Waals surface area contributed by atoms with Crippen molar-refractivity contribution in [1.29, 1.82) is 0 Å². The van der Waals surface area contributed by atoms with E-state index < -0.39 is 41.0 Å². The van der Waals surface area contributed by atoms with Crippen molar-refractivity contribution in [3.05, 3.63) is 0 Å². The molecule has 16 nitrogen and oxygen atoms in total. The summed E-state index contributed by atoms with van der Waals surface area (Å²) in [7, 11) is -19.8. The van der Waals surface area contributed by atoms with E-state index in [0.29, 0.717) is 0 Å². The van der Waals surface area contributed by atoms with Crippen molar-refractivity contribution in [3.8, 4) is 0 Å². The molecule has 0 aromatic heterocycles. The molecule has 0 radical (unpaired) electrons. The van der Waals surface area contributed by atoms with Crippen LogP contribution in [-0.4, -0.2) is 27.3 Å². The van der Waals surface area contributed by atoms with Gasteiger partial charge in [-0.25, -0.2) is 74.5 Å². The maximum atomic E-state index is 8.49. The molecule has 0 bridgehead atoms. The van der Waals surface area contributed by atoms with E-state index in [4.69, 9.17) is 74.5 Å². The second-order valence-electron chi connectivity index (χ2n) is 1.51. The van der Waals surface area contributed by atoms with Gasteiger partial charge < -0.3 is 0 Å². The summed E-state index contributed by atoms with van der Waals surface area (Å²) in [5.41, 5.74) is 0. The van der Waals surface area contributed by atoms with Crippen LogP contribution in [0.15, 0.2) is 0 Å². The molecular weight excluding hydrogens is 605 g/mol. The van der Waals surface area contributed by atoms with Crippen LogP contribution in [0.3, 0.4) is 0 Å². The molecule has 0 saturated carbocycles. The molecule has 0 aliphatic heterocycles. The average Bonchev–Trinajstić information content (AvgIpc) is 1.62. The minimum absolute atomic E-state index is 0. The van der Waals surface area contributed by atoms with E-state index in [2.05, 4.69) is 0 Å². The van der Waals surface area contributed by atoms with E-state index in [1.165, 1.54) is 0 Å². The molecule has 0 saturated heterocycles. The van der Waals surface area contributed by atoms with E-state index in [-0.39, 0.29) is 27.3 Å². The topological polar surface area (TPSA) is 369 Å². The van der Waals surface area contributed by atoms with Crippen LogP contribution in [0, 0.1) is 41.0 Å². The number of rotatable bonds is 0. The fourth-order valence-corrected chi connectivity index (χ4v) is 0. The SMILES string of the molecule is [O-][Cl+3]([O-])([O-])[O-].[O-][Cl+3]([O-])([O-])[O-].[O-][Cl+3]([O-])([O-])[O-].[O-][Cl+3]([O-])([O-])[O-].[Pb+4]. The first-order chi connectivity index (χ1) is 8.00. The Kier molecular flexibility index (Phi) is 22.4. The number of hydrogen-bond donors (Lipinski definition) is 0. The van der Waals surface area contributed by atoms with Crippen molar-refractivity contribution in [3.63, 3.8) is 0 Å². The first kappa shape index (κ1) is 33.9. The third-order valence-electron chi connectivity index (χ3n) is 0. The van der Waals surface area contributed by atoms with Gasteiger partial charge in [-0.15, -0.1) is 41.0 Å². The second-order valence-corrected chi connectivity index (χ2v) is 4.54. The Morgan fingerprint density at radius 2 is 0.238 bits per heavy atom. The normalized spacial score (nSPS) is 11.4. The van der Waals surface area contributed by atoms with Crippen LogP contribution >= 0.6 is 0 Å². The minimum atomic E-state index is -4.94. The van der Waals surface area contributed by atoms with Gasteiger partial charge in [-0.3, -0.25) is 0 Å². The van der Waals surface area contributed by atoms with Crippen molar-refractivity contribution >= 4 is 27.3 Å². The number of halogens is 4. The first-order valence-electron chi connectivity index (χ1n) is 2.47. The molecule has 21 heteroatoms. The summed E-state index contributed by atoms with van der Waals surface area (Å²) in [6.45, 7) is 0. The van der Waals surface area contributed by atoms with Crippen molar-refractivity contribution in [1.82, 2.24) is 0 Å².